The van der Waals surface area contributed by atoms with Crippen LogP contribution in [0.15, 0.2) is 54.6 Å². The molecule has 3 rings (SSSR count). The van der Waals surface area contributed by atoms with Crippen LogP contribution >= 0.6 is 11.6 Å². The van der Waals surface area contributed by atoms with Crippen LogP contribution in [0.1, 0.15) is 24.0 Å². The number of nitrogens with zero attached hydrogens (tertiary/aromatic N) is 1. The highest BCUT2D eigenvalue weighted by Gasteiger charge is 2.34. The van der Waals surface area contributed by atoms with E-state index in [0.717, 1.165) is 43.1 Å². The summed E-state index contributed by atoms with van der Waals surface area (Å²) < 4.78 is 4.54. The molecule has 1 fully saturated rings. The van der Waals surface area contributed by atoms with E-state index in [0.29, 0.717) is 0 Å². The van der Waals surface area contributed by atoms with Gasteiger partial charge in [-0.05, 0) is 24.1 Å². The van der Waals surface area contributed by atoms with E-state index in [4.69, 9.17) is 11.6 Å². The summed E-state index contributed by atoms with van der Waals surface area (Å²) in [6.45, 7) is 5.34. The van der Waals surface area contributed by atoms with Crippen LogP contribution in [-0.4, -0.2) is 38.0 Å². The Bertz CT molecular complexity index is 645. The van der Waals surface area contributed by atoms with Crippen molar-refractivity contribution in [2.75, 3.05) is 26.8 Å². The van der Waals surface area contributed by atoms with Crippen molar-refractivity contribution in [2.24, 2.45) is 5.92 Å². The Balaban J connectivity index is 0.000000511. The van der Waals surface area contributed by atoms with Crippen LogP contribution in [0.25, 0.3) is 0 Å². The third-order valence-corrected chi connectivity index (χ3v) is 4.80. The van der Waals surface area contributed by atoms with Crippen molar-refractivity contribution in [1.82, 2.24) is 4.90 Å². The Morgan fingerprint density at radius 2 is 1.76 bits per heavy atom. The molecule has 1 aliphatic heterocycles. The summed E-state index contributed by atoms with van der Waals surface area (Å²) in [7, 11) is 1.68. The molecule has 0 spiro atoms. The van der Waals surface area contributed by atoms with Crippen LogP contribution in [0.2, 0.25) is 5.02 Å². The fourth-order valence-electron chi connectivity index (χ4n) is 3.13. The fraction of sp³-hybridized carbons (Fsp3) is 0.381. The second-order valence-electron chi connectivity index (χ2n) is 6.18. The summed E-state index contributed by atoms with van der Waals surface area (Å²) >= 11 is 6.30. The molecule has 0 N–H and O–H groups in total. The number of likely N-dealkylation sites (tertiary alicyclic amines) is 1. The van der Waals surface area contributed by atoms with E-state index in [1.54, 1.807) is 7.11 Å². The molecule has 0 amide bonds. The molecule has 134 valence electrons. The summed E-state index contributed by atoms with van der Waals surface area (Å²) in [5.74, 6) is 0.216. The molecule has 2 aromatic rings. The van der Waals surface area contributed by atoms with Crippen LogP contribution in [0.5, 0.6) is 0 Å². The van der Waals surface area contributed by atoms with Gasteiger partial charge in [0.05, 0.1) is 0 Å². The molecule has 0 bridgehead atoms. The molecule has 1 heterocycles. The van der Waals surface area contributed by atoms with Gasteiger partial charge in [-0.3, -0.25) is 4.90 Å². The van der Waals surface area contributed by atoms with Gasteiger partial charge in [-0.1, -0.05) is 60.1 Å². The number of benzene rings is 2. The lowest BCUT2D eigenvalue weighted by atomic mass is 9.90. The lowest BCUT2D eigenvalue weighted by Gasteiger charge is -2.17. The van der Waals surface area contributed by atoms with Crippen molar-refractivity contribution < 1.29 is 9.53 Å². The van der Waals surface area contributed by atoms with Gasteiger partial charge < -0.3 is 9.53 Å². The van der Waals surface area contributed by atoms with Crippen LogP contribution in [0.3, 0.4) is 0 Å². The van der Waals surface area contributed by atoms with Gasteiger partial charge >= 0.3 is 0 Å². The van der Waals surface area contributed by atoms with Gasteiger partial charge in [-0.25, -0.2) is 0 Å². The lowest BCUT2D eigenvalue weighted by Crippen LogP contribution is -2.20. The molecule has 2 atom stereocenters. The normalized spacial score (nSPS) is 20.0. The maximum absolute atomic E-state index is 11.4. The van der Waals surface area contributed by atoms with E-state index in [2.05, 4.69) is 21.8 Å². The monoisotopic (exact) mass is 359 g/mol. The molecule has 0 radical (unpaired) electrons. The maximum atomic E-state index is 11.4. The first kappa shape index (κ1) is 19.6. The quantitative estimate of drug-likeness (QED) is 0.741. The second-order valence-corrected chi connectivity index (χ2v) is 6.59. The minimum Gasteiger partial charge on any atom is -0.385 e. The highest BCUT2D eigenvalue weighted by molar-refractivity contribution is 6.31. The zero-order chi connectivity index (χ0) is 18.1. The van der Waals surface area contributed by atoms with E-state index in [1.165, 1.54) is 5.56 Å². The molecule has 0 saturated carbocycles. The Kier molecular flexibility index (Phi) is 8.13. The molecule has 2 unspecified atom stereocenters. The minimum atomic E-state index is 0.0219. The largest absolute Gasteiger partial charge is 0.385 e. The predicted molar refractivity (Wildman–Crippen MR) is 103 cm³/mol. The van der Waals surface area contributed by atoms with E-state index in [-0.39, 0.29) is 11.8 Å². The molecular formula is C21H26ClNO2. The molecular weight excluding hydrogens is 334 g/mol. The molecule has 0 aromatic heterocycles. The first-order chi connectivity index (χ1) is 12.2. The highest BCUT2D eigenvalue weighted by atomic mass is 35.5. The Morgan fingerprint density at radius 1 is 1.12 bits per heavy atom. The molecule has 25 heavy (non-hydrogen) atoms. The zero-order valence-corrected chi connectivity index (χ0v) is 15.7. The zero-order valence-electron chi connectivity index (χ0n) is 14.9. The fourth-order valence-corrected chi connectivity index (χ4v) is 3.40. The van der Waals surface area contributed by atoms with Crippen molar-refractivity contribution in [3.8, 4) is 0 Å². The van der Waals surface area contributed by atoms with Crippen LogP contribution in [0.4, 0.5) is 0 Å². The molecule has 1 saturated heterocycles. The maximum Gasteiger partial charge on any atom is 0.125 e. The molecule has 1 aliphatic rings. The summed E-state index contributed by atoms with van der Waals surface area (Å²) in [5.41, 5.74) is 2.37. The van der Waals surface area contributed by atoms with Crippen molar-refractivity contribution in [3.05, 3.63) is 70.7 Å². The number of aldehydes is 1. The minimum absolute atomic E-state index is 0.0219. The van der Waals surface area contributed by atoms with E-state index in [9.17, 15) is 4.79 Å². The average Bonchev–Trinajstić information content (AvgIpc) is 3.05. The van der Waals surface area contributed by atoms with E-state index >= 15 is 0 Å². The smallest absolute Gasteiger partial charge is 0.125 e. The van der Waals surface area contributed by atoms with Gasteiger partial charge in [0.1, 0.15) is 6.29 Å². The van der Waals surface area contributed by atoms with Crippen molar-refractivity contribution in [1.29, 1.82) is 0 Å². The van der Waals surface area contributed by atoms with Crippen LogP contribution < -0.4 is 0 Å². The van der Waals surface area contributed by atoms with Crippen molar-refractivity contribution >= 4 is 17.9 Å². The molecule has 0 aliphatic carbocycles. The molecule has 4 heteroatoms. The van der Waals surface area contributed by atoms with Gasteiger partial charge in [0.25, 0.3) is 0 Å². The number of halogens is 1. The summed E-state index contributed by atoms with van der Waals surface area (Å²) in [5, 5.41) is 0.760. The predicted octanol–water partition coefficient (Wildman–Crippen LogP) is 4.41. The van der Waals surface area contributed by atoms with E-state index in [1.807, 2.05) is 49.4 Å². The number of carbonyl (C=O) groups is 1. The summed E-state index contributed by atoms with van der Waals surface area (Å²) in [6.07, 6.45) is 1.08. The Labute approximate surface area is 155 Å². The van der Waals surface area contributed by atoms with Gasteiger partial charge in [-0.15, -0.1) is 0 Å². The standard InChI is InChI=1S/C18H18ClNO.C3H8O/c19-18-9-5-4-8-16(18)17-12-20(11-15(17)13-21)10-14-6-2-1-3-7-14;1-3-4-2/h1-9,13,15,17H,10-12H2;3H2,1-2H3. The molecule has 3 nitrogen and oxygen atoms in total. The van der Waals surface area contributed by atoms with E-state index < -0.39 is 0 Å². The third kappa shape index (κ3) is 5.67. The summed E-state index contributed by atoms with van der Waals surface area (Å²) in [4.78, 5) is 13.8. The third-order valence-electron chi connectivity index (χ3n) is 4.46. The number of ether oxygens (including phenoxy) is 1. The number of hydrogen-bond donors (Lipinski definition) is 0. The average molecular weight is 360 g/mol. The first-order valence-electron chi connectivity index (χ1n) is 8.64. The number of methoxy groups -OCH3 is 1. The highest BCUT2D eigenvalue weighted by Crippen LogP contribution is 2.35. The topological polar surface area (TPSA) is 29.5 Å². The Morgan fingerprint density at radius 3 is 2.36 bits per heavy atom. The number of carbonyl (C=O) groups excluding carboxylic acids is 1. The molecule has 2 aromatic carbocycles. The second kappa shape index (κ2) is 10.3. The first-order valence-corrected chi connectivity index (χ1v) is 9.02. The summed E-state index contributed by atoms with van der Waals surface area (Å²) in [6, 6.07) is 18.2. The van der Waals surface area contributed by atoms with Crippen molar-refractivity contribution in [2.45, 2.75) is 19.4 Å². The SMILES string of the molecule is CCOC.O=CC1CN(Cc2ccccc2)CC1c1ccccc1Cl. The van der Waals surface area contributed by atoms with Gasteiger partial charge in [0, 0.05) is 50.2 Å². The van der Waals surface area contributed by atoms with Gasteiger partial charge in [0.2, 0.25) is 0 Å². The van der Waals surface area contributed by atoms with Gasteiger partial charge in [-0.2, -0.15) is 0 Å². The lowest BCUT2D eigenvalue weighted by molar-refractivity contribution is -0.111. The van der Waals surface area contributed by atoms with Crippen molar-refractivity contribution in [3.63, 3.8) is 0 Å². The number of rotatable bonds is 5. The Hall–Kier alpha value is -1.68. The van der Waals surface area contributed by atoms with Gasteiger partial charge in [0.15, 0.2) is 0 Å². The van der Waals surface area contributed by atoms with Crippen LogP contribution in [0, 0.1) is 5.92 Å². The van der Waals surface area contributed by atoms with Crippen LogP contribution in [-0.2, 0) is 16.1 Å². The number of hydrogen-bond acceptors (Lipinski definition) is 3.